The molecule has 0 radical (unpaired) electrons. The van der Waals surface area contributed by atoms with Crippen molar-refractivity contribution in [1.29, 1.82) is 0 Å². The molecule has 0 aliphatic carbocycles. The summed E-state index contributed by atoms with van der Waals surface area (Å²) in [7, 11) is 0. The maximum atomic E-state index is 12.3. The molecule has 0 amide bonds. The molecule has 2 aliphatic rings. The number of aliphatic imine (C=N–C) groups is 1. The summed E-state index contributed by atoms with van der Waals surface area (Å²) >= 11 is 4.69. The Morgan fingerprint density at radius 2 is 0.935 bits per heavy atom. The Bertz CT molecular complexity index is 1220. The smallest absolute Gasteiger partial charge is 0.303 e. The van der Waals surface area contributed by atoms with E-state index in [2.05, 4.69) is 22.4 Å². The van der Waals surface area contributed by atoms with Gasteiger partial charge in [0.15, 0.2) is 43.0 Å². The molecule has 2 aliphatic heterocycles. The third kappa shape index (κ3) is 11.4. The first-order chi connectivity index (χ1) is 21.5. The maximum Gasteiger partial charge on any atom is 0.303 e. The molecule has 0 aromatic carbocycles. The Morgan fingerprint density at radius 1 is 0.543 bits per heavy atom. The largest absolute Gasteiger partial charge is 0.463 e. The maximum absolute atomic E-state index is 12.3. The zero-order chi connectivity index (χ0) is 34.7. The number of thiocarbonyl (C=S) groups is 1. The van der Waals surface area contributed by atoms with Gasteiger partial charge in [0.05, 0.1) is 5.16 Å². The highest BCUT2D eigenvalue weighted by Gasteiger charge is 2.57. The van der Waals surface area contributed by atoms with Gasteiger partial charge in [-0.25, -0.2) is 0 Å². The molecule has 0 spiro atoms. The van der Waals surface area contributed by atoms with Gasteiger partial charge >= 0.3 is 41.8 Å². The first-order valence-corrected chi connectivity index (χ1v) is 14.1. The van der Waals surface area contributed by atoms with Gasteiger partial charge in [-0.2, -0.15) is 4.99 Å². The highest BCUT2D eigenvalue weighted by molar-refractivity contribution is 7.78. The molecule has 256 valence electrons. The minimum Gasteiger partial charge on any atom is -0.463 e. The van der Waals surface area contributed by atoms with Crippen molar-refractivity contribution < 1.29 is 80.9 Å². The fourth-order valence-electron chi connectivity index (χ4n) is 4.65. The van der Waals surface area contributed by atoms with E-state index in [1.54, 1.807) is 0 Å². The van der Waals surface area contributed by atoms with Gasteiger partial charge < -0.3 is 47.4 Å². The first-order valence-electron chi connectivity index (χ1n) is 13.7. The van der Waals surface area contributed by atoms with Gasteiger partial charge in [-0.15, -0.1) is 0 Å². The van der Waals surface area contributed by atoms with E-state index in [9.17, 15) is 33.6 Å². The Morgan fingerprint density at radius 3 is 1.37 bits per heavy atom. The third-order valence-electron chi connectivity index (χ3n) is 6.08. The summed E-state index contributed by atoms with van der Waals surface area (Å²) in [4.78, 5) is 88.1. The number of esters is 7. The van der Waals surface area contributed by atoms with Crippen molar-refractivity contribution in [3.8, 4) is 0 Å². The normalized spacial score (nSPS) is 30.3. The monoisotopic (exact) mass is 677 g/mol. The van der Waals surface area contributed by atoms with Crippen LogP contribution >= 0.6 is 12.2 Å². The van der Waals surface area contributed by atoms with Crippen LogP contribution in [0.25, 0.3) is 0 Å². The van der Waals surface area contributed by atoms with Crippen molar-refractivity contribution in [2.45, 2.75) is 110 Å². The van der Waals surface area contributed by atoms with Gasteiger partial charge in [0.25, 0.3) is 0 Å². The van der Waals surface area contributed by atoms with Gasteiger partial charge in [0.1, 0.15) is 31.5 Å². The Balaban J connectivity index is 2.73. The second kappa shape index (κ2) is 17.6. The van der Waals surface area contributed by atoms with Crippen LogP contribution in [0.1, 0.15) is 48.5 Å². The van der Waals surface area contributed by atoms with E-state index in [-0.39, 0.29) is 0 Å². The van der Waals surface area contributed by atoms with Crippen LogP contribution in [0.5, 0.6) is 0 Å². The fraction of sp³-hybridized carbons (Fsp3) is 0.704. The molecule has 2 saturated heterocycles. The molecule has 2 heterocycles. The lowest BCUT2D eigenvalue weighted by atomic mass is 9.95. The van der Waals surface area contributed by atoms with Crippen LogP contribution < -0.4 is 0 Å². The van der Waals surface area contributed by atoms with Gasteiger partial charge in [-0.1, -0.05) is 0 Å². The van der Waals surface area contributed by atoms with E-state index in [0.29, 0.717) is 0 Å². The number of rotatable bonds is 12. The van der Waals surface area contributed by atoms with Crippen LogP contribution in [-0.2, 0) is 80.9 Å². The van der Waals surface area contributed by atoms with E-state index >= 15 is 0 Å². The van der Waals surface area contributed by atoms with Gasteiger partial charge in [0, 0.05) is 48.5 Å². The second-order valence-electron chi connectivity index (χ2n) is 9.90. The molecule has 0 N–H and O–H groups in total. The van der Waals surface area contributed by atoms with Crippen LogP contribution in [0.15, 0.2) is 4.99 Å². The number of carbonyl (C=O) groups is 7. The lowest BCUT2D eigenvalue weighted by Gasteiger charge is -2.48. The Hall–Kier alpha value is -4.03. The highest BCUT2D eigenvalue weighted by Crippen LogP contribution is 2.35. The molecular weight excluding hydrogens is 642 g/mol. The number of ether oxygens (including phenoxy) is 10. The fourth-order valence-corrected chi connectivity index (χ4v) is 4.75. The molecule has 10 atom stereocenters. The Kier molecular flexibility index (Phi) is 14.6. The molecule has 0 aromatic rings. The molecule has 19 heteroatoms. The van der Waals surface area contributed by atoms with Crippen LogP contribution in [0.3, 0.4) is 0 Å². The van der Waals surface area contributed by atoms with E-state index in [0.717, 1.165) is 48.5 Å². The number of isothiocyanates is 1. The average molecular weight is 678 g/mol. The molecule has 10 unspecified atom stereocenters. The topological polar surface area (TPSA) is 224 Å². The molecule has 2 rings (SSSR count). The molecule has 0 aromatic heterocycles. The third-order valence-corrected chi connectivity index (χ3v) is 6.19. The number of hydrogen-bond donors (Lipinski definition) is 0. The van der Waals surface area contributed by atoms with Crippen molar-refractivity contribution in [2.75, 3.05) is 13.2 Å². The van der Waals surface area contributed by atoms with Crippen molar-refractivity contribution >= 4 is 59.2 Å². The van der Waals surface area contributed by atoms with Crippen molar-refractivity contribution in [3.63, 3.8) is 0 Å². The summed E-state index contributed by atoms with van der Waals surface area (Å²) in [6.45, 7) is 6.30. The van der Waals surface area contributed by atoms with Gasteiger partial charge in [0.2, 0.25) is 0 Å². The summed E-state index contributed by atoms with van der Waals surface area (Å²) in [5.41, 5.74) is 0. The first kappa shape index (κ1) is 38.2. The number of carbonyl (C=O) groups excluding carboxylic acids is 7. The standard InChI is InChI=1S/C27H35NO17S/c1-11(29)36-8-18-21(22(39-14(4)32)24(41-16(6)34)26(43-18)28-10-46)45-27-25(42-17(7)35)23(40-15(5)33)20(38-13(3)31)19(44-27)9-37-12(2)30/h18-27H,8-9H2,1-7H3. The summed E-state index contributed by atoms with van der Waals surface area (Å²) in [5, 5.41) is 2.09. The summed E-state index contributed by atoms with van der Waals surface area (Å²) < 4.78 is 55.3. The zero-order valence-corrected chi connectivity index (χ0v) is 26.8. The predicted molar refractivity (Wildman–Crippen MR) is 148 cm³/mol. The van der Waals surface area contributed by atoms with E-state index < -0.39 is 116 Å². The average Bonchev–Trinajstić information content (AvgIpc) is 2.91. The van der Waals surface area contributed by atoms with Gasteiger partial charge in [-0.3, -0.25) is 33.6 Å². The van der Waals surface area contributed by atoms with Crippen molar-refractivity contribution in [1.82, 2.24) is 0 Å². The van der Waals surface area contributed by atoms with Crippen molar-refractivity contribution in [2.24, 2.45) is 4.99 Å². The number of nitrogens with zero attached hydrogens (tertiary/aromatic N) is 1. The lowest BCUT2D eigenvalue weighted by molar-refractivity contribution is -0.344. The summed E-state index contributed by atoms with van der Waals surface area (Å²) in [5.74, 6) is -5.88. The molecule has 0 bridgehead atoms. The Labute approximate surface area is 268 Å². The van der Waals surface area contributed by atoms with Crippen molar-refractivity contribution in [3.05, 3.63) is 0 Å². The predicted octanol–water partition coefficient (Wildman–Crippen LogP) is -0.291. The lowest BCUT2D eigenvalue weighted by Crippen LogP contribution is -2.67. The zero-order valence-electron chi connectivity index (χ0n) is 26.0. The number of hydrogen-bond acceptors (Lipinski definition) is 19. The molecule has 0 saturated carbocycles. The second-order valence-corrected chi connectivity index (χ2v) is 10.1. The van der Waals surface area contributed by atoms with Crippen LogP contribution in [0.2, 0.25) is 0 Å². The summed E-state index contributed by atoms with van der Waals surface area (Å²) in [6, 6.07) is 0. The SMILES string of the molecule is CC(=O)OCC1OC(N=C=S)C(OC(C)=O)C(OC(C)=O)C1OC1OC(COC(C)=O)C(OC(C)=O)C(OC(C)=O)C1OC(C)=O. The van der Waals surface area contributed by atoms with E-state index in [1.807, 2.05) is 0 Å². The minimum absolute atomic E-state index is 0.542. The van der Waals surface area contributed by atoms with E-state index in [4.69, 9.17) is 47.4 Å². The molecule has 46 heavy (non-hydrogen) atoms. The van der Waals surface area contributed by atoms with E-state index in [1.165, 1.54) is 0 Å². The quantitative estimate of drug-likeness (QED) is 0.112. The molecule has 2 fully saturated rings. The highest BCUT2D eigenvalue weighted by atomic mass is 32.1. The van der Waals surface area contributed by atoms with Crippen LogP contribution in [-0.4, -0.2) is 122 Å². The van der Waals surface area contributed by atoms with Crippen LogP contribution in [0, 0.1) is 0 Å². The van der Waals surface area contributed by atoms with Crippen LogP contribution in [0.4, 0.5) is 0 Å². The minimum atomic E-state index is -1.78. The summed E-state index contributed by atoms with van der Waals surface area (Å²) in [6.07, 6.45) is -15.4. The molecular formula is C27H35NO17S. The van der Waals surface area contributed by atoms with Gasteiger partial charge in [-0.05, 0) is 12.2 Å². The molecule has 18 nitrogen and oxygen atoms in total.